The van der Waals surface area contributed by atoms with E-state index < -0.39 is 12.7 Å². The number of fused-ring (bicyclic) bond motifs is 1. The van der Waals surface area contributed by atoms with Gasteiger partial charge in [-0.1, -0.05) is 0 Å². The Labute approximate surface area is 201 Å². The van der Waals surface area contributed by atoms with E-state index in [1.54, 1.807) is 24.3 Å². The van der Waals surface area contributed by atoms with Crippen LogP contribution in [0.4, 0.5) is 13.2 Å². The van der Waals surface area contributed by atoms with E-state index >= 15 is 0 Å². The molecule has 7 nitrogen and oxygen atoms in total. The zero-order valence-corrected chi connectivity index (χ0v) is 20.0. The van der Waals surface area contributed by atoms with E-state index in [1.807, 2.05) is 10.8 Å². The van der Waals surface area contributed by atoms with Gasteiger partial charge in [-0.05, 0) is 51.1 Å². The van der Waals surface area contributed by atoms with Gasteiger partial charge in [0.1, 0.15) is 6.54 Å². The van der Waals surface area contributed by atoms with Crippen molar-refractivity contribution in [1.29, 1.82) is 0 Å². The number of carbonyl (C=O) groups excluding carboxylic acids is 1. The second-order valence-corrected chi connectivity index (χ2v) is 10.8. The number of carbonyl (C=O) groups is 1. The number of nitrogens with one attached hydrogen (secondary N) is 1. The zero-order valence-electron chi connectivity index (χ0n) is 19.1. The number of thioether (sulfide) groups is 1. The predicted molar refractivity (Wildman–Crippen MR) is 123 cm³/mol. The van der Waals surface area contributed by atoms with E-state index in [0.29, 0.717) is 18.9 Å². The fourth-order valence-corrected chi connectivity index (χ4v) is 6.46. The summed E-state index contributed by atoms with van der Waals surface area (Å²) in [4.78, 5) is 19.8. The third kappa shape index (κ3) is 5.62. The first-order valence-corrected chi connectivity index (χ1v) is 13.1. The lowest BCUT2D eigenvalue weighted by molar-refractivity contribution is -0.143. The van der Waals surface area contributed by atoms with Crippen molar-refractivity contribution in [1.82, 2.24) is 29.5 Å². The molecule has 3 aliphatic rings. The number of nitrogens with zero attached hydrogens (tertiary/aromatic N) is 5. The van der Waals surface area contributed by atoms with Crippen molar-refractivity contribution in [2.45, 2.75) is 62.2 Å². The van der Waals surface area contributed by atoms with Gasteiger partial charge in [-0.25, -0.2) is 4.98 Å². The lowest BCUT2D eigenvalue weighted by Gasteiger charge is -2.31. The molecule has 11 heteroatoms. The molecule has 1 amide bonds. The number of amides is 1. The molecular weight excluding hydrogens is 465 g/mol. The molecular formula is C23H31F3N6OS. The Morgan fingerprint density at radius 3 is 2.82 bits per heavy atom. The van der Waals surface area contributed by atoms with Crippen molar-refractivity contribution in [2.75, 3.05) is 31.9 Å². The van der Waals surface area contributed by atoms with Crippen LogP contribution in [-0.2, 0) is 24.3 Å². The molecule has 34 heavy (non-hydrogen) atoms. The van der Waals surface area contributed by atoms with Crippen LogP contribution in [0.25, 0.3) is 0 Å². The lowest BCUT2D eigenvalue weighted by atomic mass is 9.93. The van der Waals surface area contributed by atoms with Crippen LogP contribution < -0.4 is 5.32 Å². The van der Waals surface area contributed by atoms with E-state index in [0.717, 1.165) is 73.9 Å². The second-order valence-electron chi connectivity index (χ2n) is 9.65. The SMILES string of the molecule is O=C(NCCCn1ccnc1)[C@@H]1C[C@H]1CN1CCC(c2nn(CC(F)(F)F)c3c2SCC3)CC1. The number of alkyl halides is 3. The molecule has 2 fully saturated rings. The number of imidazole rings is 1. The molecule has 2 aromatic heterocycles. The molecule has 1 saturated heterocycles. The Balaban J connectivity index is 1.05. The normalized spacial score (nSPS) is 23.3. The fraction of sp³-hybridized carbons (Fsp3) is 0.696. The molecule has 2 aromatic rings. The summed E-state index contributed by atoms with van der Waals surface area (Å²) in [6.45, 7) is 3.27. The highest BCUT2D eigenvalue weighted by molar-refractivity contribution is 7.99. The fourth-order valence-electron chi connectivity index (χ4n) is 5.23. The number of aryl methyl sites for hydroxylation is 1. The summed E-state index contributed by atoms with van der Waals surface area (Å²) in [5, 5.41) is 7.49. The van der Waals surface area contributed by atoms with E-state index in [2.05, 4.69) is 20.3 Å². The first-order valence-electron chi connectivity index (χ1n) is 12.1. The van der Waals surface area contributed by atoms with Gasteiger partial charge < -0.3 is 14.8 Å². The minimum Gasteiger partial charge on any atom is -0.356 e. The minimum atomic E-state index is -4.25. The summed E-state index contributed by atoms with van der Waals surface area (Å²) in [6, 6.07) is 0. The summed E-state index contributed by atoms with van der Waals surface area (Å²) in [6.07, 6.45) is 5.51. The van der Waals surface area contributed by atoms with Gasteiger partial charge in [-0.2, -0.15) is 18.3 Å². The van der Waals surface area contributed by atoms with Gasteiger partial charge in [0.15, 0.2) is 0 Å². The molecule has 2 atom stereocenters. The Morgan fingerprint density at radius 2 is 2.09 bits per heavy atom. The monoisotopic (exact) mass is 496 g/mol. The van der Waals surface area contributed by atoms with Crippen LogP contribution in [0.3, 0.4) is 0 Å². The van der Waals surface area contributed by atoms with Crippen molar-refractivity contribution in [2.24, 2.45) is 11.8 Å². The molecule has 186 valence electrons. The second kappa shape index (κ2) is 9.93. The summed E-state index contributed by atoms with van der Waals surface area (Å²) in [5.74, 6) is 1.75. The highest BCUT2D eigenvalue weighted by Crippen LogP contribution is 2.43. The van der Waals surface area contributed by atoms with E-state index in [4.69, 9.17) is 0 Å². The Kier molecular flexibility index (Phi) is 6.92. The largest absolute Gasteiger partial charge is 0.408 e. The topological polar surface area (TPSA) is 68.0 Å². The van der Waals surface area contributed by atoms with Gasteiger partial charge in [-0.15, -0.1) is 11.8 Å². The predicted octanol–water partition coefficient (Wildman–Crippen LogP) is 3.31. The van der Waals surface area contributed by atoms with Gasteiger partial charge in [0.2, 0.25) is 5.91 Å². The van der Waals surface area contributed by atoms with Crippen LogP contribution in [-0.4, -0.2) is 68.2 Å². The maximum atomic E-state index is 13.0. The van der Waals surface area contributed by atoms with Crippen molar-refractivity contribution in [3.05, 3.63) is 30.1 Å². The van der Waals surface area contributed by atoms with E-state index in [-0.39, 0.29) is 17.7 Å². The van der Waals surface area contributed by atoms with Gasteiger partial charge in [0.05, 0.1) is 22.6 Å². The average Bonchev–Trinajstić information content (AvgIpc) is 3.16. The van der Waals surface area contributed by atoms with Crippen LogP contribution in [0.5, 0.6) is 0 Å². The highest BCUT2D eigenvalue weighted by Gasteiger charge is 2.44. The van der Waals surface area contributed by atoms with Gasteiger partial charge >= 0.3 is 6.18 Å². The number of hydrogen-bond donors (Lipinski definition) is 1. The average molecular weight is 497 g/mol. The quantitative estimate of drug-likeness (QED) is 0.540. The smallest absolute Gasteiger partial charge is 0.356 e. The molecule has 0 radical (unpaired) electrons. The van der Waals surface area contributed by atoms with Crippen LogP contribution in [0, 0.1) is 11.8 Å². The summed E-state index contributed by atoms with van der Waals surface area (Å²) >= 11 is 1.65. The maximum Gasteiger partial charge on any atom is 0.408 e. The van der Waals surface area contributed by atoms with Crippen LogP contribution >= 0.6 is 11.8 Å². The number of piperidine rings is 1. The molecule has 0 spiro atoms. The Hall–Kier alpha value is -2.01. The molecule has 2 aliphatic heterocycles. The summed E-state index contributed by atoms with van der Waals surface area (Å²) < 4.78 is 42.1. The Morgan fingerprint density at radius 1 is 1.26 bits per heavy atom. The van der Waals surface area contributed by atoms with Crippen LogP contribution in [0.15, 0.2) is 23.6 Å². The number of rotatable bonds is 9. The molecule has 4 heterocycles. The van der Waals surface area contributed by atoms with E-state index in [1.165, 1.54) is 4.68 Å². The molecule has 5 rings (SSSR count). The first-order chi connectivity index (χ1) is 16.4. The van der Waals surface area contributed by atoms with Gasteiger partial charge in [0, 0.05) is 49.6 Å². The molecule has 0 unspecified atom stereocenters. The van der Waals surface area contributed by atoms with E-state index in [9.17, 15) is 18.0 Å². The summed E-state index contributed by atoms with van der Waals surface area (Å²) in [5.41, 5.74) is 1.64. The molecule has 0 bridgehead atoms. The van der Waals surface area contributed by atoms with Crippen molar-refractivity contribution in [3.63, 3.8) is 0 Å². The third-order valence-corrected chi connectivity index (χ3v) is 8.27. The summed E-state index contributed by atoms with van der Waals surface area (Å²) in [7, 11) is 0. The highest BCUT2D eigenvalue weighted by atomic mass is 32.2. The number of hydrogen-bond acceptors (Lipinski definition) is 5. The standard InChI is InChI=1S/C23H31F3N6OS/c24-23(25,26)14-32-19-4-11-34-21(19)20(29-32)16-2-8-30(9-3-16)13-17-12-18(17)22(33)28-5-1-7-31-10-6-27-15-31/h6,10,15-18H,1-5,7-9,11-14H2,(H,28,33)/t17-,18+/m0/s1. The number of likely N-dealkylation sites (tertiary alicyclic amines) is 1. The minimum absolute atomic E-state index is 0.115. The molecule has 1 N–H and O–H groups in total. The van der Waals surface area contributed by atoms with Gasteiger partial charge in [0.25, 0.3) is 0 Å². The lowest BCUT2D eigenvalue weighted by Crippen LogP contribution is -2.35. The zero-order chi connectivity index (χ0) is 23.7. The van der Waals surface area contributed by atoms with Crippen molar-refractivity contribution < 1.29 is 18.0 Å². The maximum absolute atomic E-state index is 13.0. The first kappa shape index (κ1) is 23.7. The van der Waals surface area contributed by atoms with Crippen LogP contribution in [0.1, 0.15) is 43.0 Å². The Bertz CT molecular complexity index is 984. The van der Waals surface area contributed by atoms with Crippen molar-refractivity contribution >= 4 is 17.7 Å². The number of aromatic nitrogens is 4. The van der Waals surface area contributed by atoms with Gasteiger partial charge in [-0.3, -0.25) is 9.48 Å². The molecule has 1 saturated carbocycles. The van der Waals surface area contributed by atoms with Crippen LogP contribution in [0.2, 0.25) is 0 Å². The molecule has 1 aliphatic carbocycles. The molecule has 0 aromatic carbocycles. The third-order valence-electron chi connectivity index (χ3n) is 7.13. The number of halogens is 3. The van der Waals surface area contributed by atoms with Crippen molar-refractivity contribution in [3.8, 4) is 0 Å².